The van der Waals surface area contributed by atoms with Crippen LogP contribution in [0.25, 0.3) is 0 Å². The Morgan fingerprint density at radius 3 is 2.22 bits per heavy atom. The molecule has 6 heteroatoms. The van der Waals surface area contributed by atoms with Crippen molar-refractivity contribution in [1.29, 1.82) is 0 Å². The molecule has 1 aliphatic heterocycles. The van der Waals surface area contributed by atoms with Crippen molar-refractivity contribution in [2.75, 3.05) is 19.6 Å². The fourth-order valence-electron chi connectivity index (χ4n) is 2.65. The second-order valence-electron chi connectivity index (χ2n) is 5.82. The normalized spacial score (nSPS) is 26.6. The van der Waals surface area contributed by atoms with Crippen LogP contribution >= 0.6 is 0 Å². The molecule has 1 heterocycles. The highest BCUT2D eigenvalue weighted by Crippen LogP contribution is 2.39. The third-order valence-electron chi connectivity index (χ3n) is 4.17. The highest BCUT2D eigenvalue weighted by atomic mass is 32.2. The zero-order valence-corrected chi connectivity index (χ0v) is 12.0. The van der Waals surface area contributed by atoms with Gasteiger partial charge < -0.3 is 5.73 Å². The second kappa shape index (κ2) is 5.45. The molecule has 0 aromatic heterocycles. The van der Waals surface area contributed by atoms with Gasteiger partial charge in [0.1, 0.15) is 0 Å². The van der Waals surface area contributed by atoms with Crippen molar-refractivity contribution in [3.8, 4) is 0 Å². The van der Waals surface area contributed by atoms with E-state index < -0.39 is 15.7 Å². The summed E-state index contributed by atoms with van der Waals surface area (Å²) in [7, 11) is -3.38. The predicted octanol–water partition coefficient (Wildman–Crippen LogP) is 0.824. The van der Waals surface area contributed by atoms with E-state index in [0.717, 1.165) is 38.5 Å². The molecule has 106 valence electrons. The first kappa shape index (κ1) is 14.2. The first-order chi connectivity index (χ1) is 8.48. The van der Waals surface area contributed by atoms with Gasteiger partial charge in [-0.3, -0.25) is 0 Å². The number of nitrogens with zero attached hydrogens (tertiary/aromatic N) is 1. The van der Waals surface area contributed by atoms with Crippen LogP contribution in [-0.2, 0) is 10.2 Å². The van der Waals surface area contributed by atoms with Gasteiger partial charge in [-0.05, 0) is 38.5 Å². The quantitative estimate of drug-likeness (QED) is 0.780. The molecule has 3 N–H and O–H groups in total. The Kier molecular flexibility index (Phi) is 4.31. The molecule has 0 bridgehead atoms. The third kappa shape index (κ3) is 3.23. The minimum atomic E-state index is -3.38. The van der Waals surface area contributed by atoms with Gasteiger partial charge in [-0.1, -0.05) is 12.8 Å². The summed E-state index contributed by atoms with van der Waals surface area (Å²) in [6.07, 6.45) is 6.34. The average Bonchev–Trinajstić information content (AvgIpc) is 3.15. The third-order valence-corrected chi connectivity index (χ3v) is 5.94. The van der Waals surface area contributed by atoms with Gasteiger partial charge in [0.15, 0.2) is 0 Å². The fraction of sp³-hybridized carbons (Fsp3) is 1.00. The van der Waals surface area contributed by atoms with Crippen LogP contribution in [0.4, 0.5) is 0 Å². The molecule has 1 aliphatic carbocycles. The molecular formula is C12H25N3O2S. The van der Waals surface area contributed by atoms with E-state index in [1.165, 1.54) is 0 Å². The number of rotatable bonds is 5. The average molecular weight is 275 g/mol. The smallest absolute Gasteiger partial charge is 0.279 e. The number of nitrogens with one attached hydrogen (secondary N) is 1. The number of nitrogens with two attached hydrogens (primary N) is 1. The molecule has 2 fully saturated rings. The summed E-state index contributed by atoms with van der Waals surface area (Å²) in [6.45, 7) is 3.58. The van der Waals surface area contributed by atoms with E-state index >= 15 is 0 Å². The Bertz CT molecular complexity index is 373. The van der Waals surface area contributed by atoms with Gasteiger partial charge >= 0.3 is 0 Å². The summed E-state index contributed by atoms with van der Waals surface area (Å²) in [5, 5.41) is 0. The lowest BCUT2D eigenvalue weighted by Crippen LogP contribution is -2.57. The molecule has 0 aromatic carbocycles. The van der Waals surface area contributed by atoms with E-state index in [4.69, 9.17) is 5.73 Å². The van der Waals surface area contributed by atoms with Gasteiger partial charge in [0.25, 0.3) is 10.2 Å². The van der Waals surface area contributed by atoms with Crippen molar-refractivity contribution in [3.63, 3.8) is 0 Å². The predicted molar refractivity (Wildman–Crippen MR) is 72.3 cm³/mol. The number of hydrogen-bond acceptors (Lipinski definition) is 3. The molecule has 2 aliphatic rings. The first-order valence-corrected chi connectivity index (χ1v) is 8.41. The van der Waals surface area contributed by atoms with Crippen molar-refractivity contribution in [2.45, 2.75) is 51.0 Å². The van der Waals surface area contributed by atoms with Gasteiger partial charge in [-0.15, -0.1) is 0 Å². The maximum absolute atomic E-state index is 12.4. The van der Waals surface area contributed by atoms with Gasteiger partial charge in [-0.2, -0.15) is 17.4 Å². The van der Waals surface area contributed by atoms with Crippen LogP contribution in [0.1, 0.15) is 45.4 Å². The Labute approximate surface area is 110 Å². The molecule has 18 heavy (non-hydrogen) atoms. The zero-order chi connectivity index (χ0) is 13.2. The standard InChI is InChI=1S/C12H25N3O2S/c1-12(10-13,11-6-7-11)14-18(16,17)15-8-4-2-3-5-9-15/h11,14H,2-10,13H2,1H3. The van der Waals surface area contributed by atoms with E-state index in [2.05, 4.69) is 4.72 Å². The van der Waals surface area contributed by atoms with Crippen LogP contribution in [0.3, 0.4) is 0 Å². The molecule has 2 rings (SSSR count). The van der Waals surface area contributed by atoms with Crippen LogP contribution in [0.15, 0.2) is 0 Å². The summed E-state index contributed by atoms with van der Waals surface area (Å²) in [5.41, 5.74) is 5.30. The van der Waals surface area contributed by atoms with Crippen molar-refractivity contribution in [2.24, 2.45) is 11.7 Å². The van der Waals surface area contributed by atoms with Crippen molar-refractivity contribution in [1.82, 2.24) is 9.03 Å². The Morgan fingerprint density at radius 2 is 1.78 bits per heavy atom. The fourth-order valence-corrected chi connectivity index (χ4v) is 4.36. The lowest BCUT2D eigenvalue weighted by molar-refractivity contribution is 0.344. The Hall–Kier alpha value is -0.170. The van der Waals surface area contributed by atoms with Crippen molar-refractivity contribution < 1.29 is 8.42 Å². The van der Waals surface area contributed by atoms with Crippen LogP contribution in [0, 0.1) is 5.92 Å². The largest absolute Gasteiger partial charge is 0.329 e. The Morgan fingerprint density at radius 1 is 1.22 bits per heavy atom. The lowest BCUT2D eigenvalue weighted by Gasteiger charge is -2.32. The van der Waals surface area contributed by atoms with Crippen molar-refractivity contribution in [3.05, 3.63) is 0 Å². The highest BCUT2D eigenvalue weighted by Gasteiger charge is 2.44. The van der Waals surface area contributed by atoms with Gasteiger partial charge in [0.05, 0.1) is 0 Å². The van der Waals surface area contributed by atoms with E-state index in [1.807, 2.05) is 6.92 Å². The van der Waals surface area contributed by atoms with Gasteiger partial charge in [-0.25, -0.2) is 0 Å². The first-order valence-electron chi connectivity index (χ1n) is 6.97. The maximum Gasteiger partial charge on any atom is 0.279 e. The van der Waals surface area contributed by atoms with Crippen LogP contribution in [0.5, 0.6) is 0 Å². The minimum absolute atomic E-state index is 0.366. The molecule has 1 saturated carbocycles. The number of hydrogen-bond donors (Lipinski definition) is 2. The van der Waals surface area contributed by atoms with E-state index in [-0.39, 0.29) is 0 Å². The summed E-state index contributed by atoms with van der Waals surface area (Å²) in [6, 6.07) is 0. The summed E-state index contributed by atoms with van der Waals surface area (Å²) in [4.78, 5) is 0. The van der Waals surface area contributed by atoms with Gasteiger partial charge in [0, 0.05) is 25.2 Å². The molecule has 0 amide bonds. The van der Waals surface area contributed by atoms with Crippen molar-refractivity contribution >= 4 is 10.2 Å². The lowest BCUT2D eigenvalue weighted by atomic mass is 9.98. The summed E-state index contributed by atoms with van der Waals surface area (Å²) in [5.74, 6) is 0.407. The molecular weight excluding hydrogens is 250 g/mol. The topological polar surface area (TPSA) is 75.4 Å². The molecule has 0 spiro atoms. The summed E-state index contributed by atoms with van der Waals surface area (Å²) >= 11 is 0. The van der Waals surface area contributed by atoms with Crippen LogP contribution in [-0.4, -0.2) is 37.9 Å². The molecule has 1 saturated heterocycles. The van der Waals surface area contributed by atoms with Crippen LogP contribution < -0.4 is 10.5 Å². The zero-order valence-electron chi connectivity index (χ0n) is 11.2. The van der Waals surface area contributed by atoms with E-state index in [1.54, 1.807) is 4.31 Å². The van der Waals surface area contributed by atoms with Crippen LogP contribution in [0.2, 0.25) is 0 Å². The van der Waals surface area contributed by atoms with Gasteiger partial charge in [0.2, 0.25) is 0 Å². The molecule has 1 atom stereocenters. The highest BCUT2D eigenvalue weighted by molar-refractivity contribution is 7.87. The maximum atomic E-state index is 12.4. The summed E-state index contributed by atoms with van der Waals surface area (Å²) < 4.78 is 29.3. The van der Waals surface area contributed by atoms with E-state index in [9.17, 15) is 8.42 Å². The SMILES string of the molecule is CC(CN)(NS(=O)(=O)N1CCCCCC1)C1CC1. The molecule has 1 unspecified atom stereocenters. The second-order valence-corrected chi connectivity index (χ2v) is 7.49. The Balaban J connectivity index is 2.05. The monoisotopic (exact) mass is 275 g/mol. The minimum Gasteiger partial charge on any atom is -0.329 e. The van der Waals surface area contributed by atoms with E-state index in [0.29, 0.717) is 25.6 Å². The molecule has 5 nitrogen and oxygen atoms in total. The molecule has 0 aromatic rings. The molecule has 0 radical (unpaired) electrons.